The van der Waals surface area contributed by atoms with E-state index < -0.39 is 11.7 Å². The molecule has 0 aromatic heterocycles. The van der Waals surface area contributed by atoms with Crippen molar-refractivity contribution in [2.45, 2.75) is 39.5 Å². The number of nitrogens with zero attached hydrogens (tertiary/aromatic N) is 2. The molecule has 0 atom stereocenters. The fraction of sp³-hybridized carbons (Fsp3) is 0.462. The van der Waals surface area contributed by atoms with E-state index in [0.717, 1.165) is 57.5 Å². The van der Waals surface area contributed by atoms with Crippen LogP contribution in [0.15, 0.2) is 42.5 Å². The van der Waals surface area contributed by atoms with Crippen molar-refractivity contribution in [1.29, 1.82) is 0 Å². The third kappa shape index (κ3) is 4.95. The van der Waals surface area contributed by atoms with Gasteiger partial charge in [-0.1, -0.05) is 26.0 Å². The van der Waals surface area contributed by atoms with E-state index in [2.05, 4.69) is 24.1 Å². The fourth-order valence-electron chi connectivity index (χ4n) is 4.54. The van der Waals surface area contributed by atoms with Crippen LogP contribution in [0.4, 0.5) is 15.8 Å². The summed E-state index contributed by atoms with van der Waals surface area (Å²) < 4.78 is 14.0. The zero-order chi connectivity index (χ0) is 22.7. The Kier molecular flexibility index (Phi) is 6.77. The summed E-state index contributed by atoms with van der Waals surface area (Å²) in [6.07, 6.45) is 4.21. The van der Waals surface area contributed by atoms with Crippen molar-refractivity contribution in [3.8, 4) is 0 Å². The van der Waals surface area contributed by atoms with Gasteiger partial charge in [0.2, 0.25) is 0 Å². The predicted molar refractivity (Wildman–Crippen MR) is 126 cm³/mol. The van der Waals surface area contributed by atoms with Crippen LogP contribution in [-0.2, 0) is 0 Å². The topological polar surface area (TPSA) is 52.7 Å². The van der Waals surface area contributed by atoms with Crippen molar-refractivity contribution in [2.75, 3.05) is 36.4 Å². The van der Waals surface area contributed by atoms with E-state index in [0.29, 0.717) is 23.1 Å². The first-order valence-corrected chi connectivity index (χ1v) is 11.7. The number of piperidine rings is 2. The van der Waals surface area contributed by atoms with Crippen molar-refractivity contribution in [2.24, 2.45) is 11.8 Å². The number of anilines is 2. The number of carbonyl (C=O) groups is 2. The molecule has 5 nitrogen and oxygen atoms in total. The zero-order valence-corrected chi connectivity index (χ0v) is 18.9. The largest absolute Gasteiger partial charge is 0.371 e. The van der Waals surface area contributed by atoms with Gasteiger partial charge in [0.05, 0.1) is 11.1 Å². The molecule has 0 unspecified atom stereocenters. The maximum Gasteiger partial charge on any atom is 0.258 e. The molecule has 0 aliphatic carbocycles. The Bertz CT molecular complexity index is 977. The first-order chi connectivity index (χ1) is 15.4. The summed E-state index contributed by atoms with van der Waals surface area (Å²) in [6, 6.07) is 11.4. The van der Waals surface area contributed by atoms with Crippen molar-refractivity contribution in [1.82, 2.24) is 4.90 Å². The Morgan fingerprint density at radius 1 is 0.875 bits per heavy atom. The fourth-order valence-corrected chi connectivity index (χ4v) is 4.54. The molecule has 2 aromatic rings. The van der Waals surface area contributed by atoms with Crippen LogP contribution in [0, 0.1) is 17.7 Å². The average molecular weight is 438 g/mol. The highest BCUT2D eigenvalue weighted by Crippen LogP contribution is 2.31. The van der Waals surface area contributed by atoms with Crippen LogP contribution in [0.25, 0.3) is 0 Å². The molecule has 32 heavy (non-hydrogen) atoms. The van der Waals surface area contributed by atoms with Crippen LogP contribution >= 0.6 is 0 Å². The minimum absolute atomic E-state index is 0.00696. The van der Waals surface area contributed by atoms with Crippen LogP contribution in [0.1, 0.15) is 60.2 Å². The first-order valence-electron chi connectivity index (χ1n) is 11.7. The molecule has 6 heteroatoms. The lowest BCUT2D eigenvalue weighted by Gasteiger charge is -2.35. The molecule has 2 aliphatic rings. The van der Waals surface area contributed by atoms with Gasteiger partial charge in [-0.2, -0.15) is 0 Å². The van der Waals surface area contributed by atoms with Gasteiger partial charge in [-0.05, 0) is 67.9 Å². The molecular formula is C26H32FN3O2. The van der Waals surface area contributed by atoms with Gasteiger partial charge < -0.3 is 15.1 Å². The molecule has 0 saturated carbocycles. The average Bonchev–Trinajstić information content (AvgIpc) is 2.80. The Balaban J connectivity index is 1.61. The smallest absolute Gasteiger partial charge is 0.258 e. The Morgan fingerprint density at radius 2 is 1.50 bits per heavy atom. The van der Waals surface area contributed by atoms with Crippen molar-refractivity contribution in [3.63, 3.8) is 0 Å². The number of carbonyl (C=O) groups excluding carboxylic acids is 2. The molecule has 1 N–H and O–H groups in total. The van der Waals surface area contributed by atoms with Gasteiger partial charge in [0.15, 0.2) is 0 Å². The molecule has 2 aromatic carbocycles. The van der Waals surface area contributed by atoms with Gasteiger partial charge in [0.1, 0.15) is 5.82 Å². The van der Waals surface area contributed by atoms with Crippen LogP contribution in [0.5, 0.6) is 0 Å². The summed E-state index contributed by atoms with van der Waals surface area (Å²) in [6.45, 7) is 7.82. The first kappa shape index (κ1) is 22.3. The van der Waals surface area contributed by atoms with E-state index in [4.69, 9.17) is 0 Å². The zero-order valence-electron chi connectivity index (χ0n) is 18.9. The lowest BCUT2D eigenvalue weighted by atomic mass is 9.96. The third-order valence-corrected chi connectivity index (χ3v) is 6.80. The van der Waals surface area contributed by atoms with E-state index in [1.165, 1.54) is 12.1 Å². The highest BCUT2D eigenvalue weighted by Gasteiger charge is 2.27. The molecule has 4 rings (SSSR count). The third-order valence-electron chi connectivity index (χ3n) is 6.80. The van der Waals surface area contributed by atoms with Crippen LogP contribution in [0.3, 0.4) is 0 Å². The van der Waals surface area contributed by atoms with E-state index >= 15 is 0 Å². The van der Waals surface area contributed by atoms with Crippen LogP contribution < -0.4 is 10.2 Å². The van der Waals surface area contributed by atoms with Gasteiger partial charge in [0, 0.05) is 37.6 Å². The normalized spacial score (nSPS) is 18.0. The number of hydrogen-bond acceptors (Lipinski definition) is 3. The maximum absolute atomic E-state index is 14.0. The second-order valence-corrected chi connectivity index (χ2v) is 9.31. The highest BCUT2D eigenvalue weighted by molar-refractivity contribution is 6.06. The number of hydrogen-bond donors (Lipinski definition) is 1. The van der Waals surface area contributed by atoms with Gasteiger partial charge >= 0.3 is 0 Å². The summed E-state index contributed by atoms with van der Waals surface area (Å²) in [5.74, 6) is 0.241. The quantitative estimate of drug-likeness (QED) is 0.717. The maximum atomic E-state index is 14.0. The summed E-state index contributed by atoms with van der Waals surface area (Å²) in [5.41, 5.74) is 2.02. The number of likely N-dealkylation sites (tertiary alicyclic amines) is 1. The Hall–Kier alpha value is -2.89. The van der Waals surface area contributed by atoms with E-state index in [-0.39, 0.29) is 11.5 Å². The molecule has 0 radical (unpaired) electrons. The van der Waals surface area contributed by atoms with Gasteiger partial charge in [-0.25, -0.2) is 4.39 Å². The Morgan fingerprint density at radius 3 is 2.16 bits per heavy atom. The van der Waals surface area contributed by atoms with E-state index in [1.807, 2.05) is 11.0 Å². The van der Waals surface area contributed by atoms with Crippen molar-refractivity contribution >= 4 is 23.2 Å². The van der Waals surface area contributed by atoms with E-state index in [9.17, 15) is 14.0 Å². The monoisotopic (exact) mass is 437 g/mol. The Labute approximate surface area is 189 Å². The van der Waals surface area contributed by atoms with Crippen LogP contribution in [0.2, 0.25) is 0 Å². The summed E-state index contributed by atoms with van der Waals surface area (Å²) in [7, 11) is 0. The number of rotatable bonds is 4. The second kappa shape index (κ2) is 9.72. The standard InChI is InChI=1S/C26H32FN3O2/c1-18-9-13-29(14-10-18)24-8-7-20(28-25(31)21-5-3-4-6-23(21)27)17-22(24)26(32)30-15-11-19(2)12-16-30/h3-8,17-19H,9-16H2,1-2H3,(H,28,31). The predicted octanol–water partition coefficient (Wildman–Crippen LogP) is 5.19. The number of amides is 2. The molecule has 2 aliphatic heterocycles. The number of nitrogens with one attached hydrogen (secondary N) is 1. The molecule has 0 bridgehead atoms. The van der Waals surface area contributed by atoms with E-state index in [1.54, 1.807) is 24.3 Å². The number of halogens is 1. The molecule has 0 spiro atoms. The molecular weight excluding hydrogens is 405 g/mol. The van der Waals surface area contributed by atoms with Gasteiger partial charge in [0.25, 0.3) is 11.8 Å². The van der Waals surface area contributed by atoms with Gasteiger partial charge in [-0.3, -0.25) is 9.59 Å². The van der Waals surface area contributed by atoms with Crippen LogP contribution in [-0.4, -0.2) is 42.9 Å². The summed E-state index contributed by atoms with van der Waals surface area (Å²) in [5, 5.41) is 2.77. The minimum atomic E-state index is -0.567. The number of benzene rings is 2. The molecule has 2 amide bonds. The SMILES string of the molecule is CC1CCN(C(=O)c2cc(NC(=O)c3ccccc3F)ccc2N2CCC(C)CC2)CC1. The molecule has 2 heterocycles. The second-order valence-electron chi connectivity index (χ2n) is 9.31. The molecule has 170 valence electrons. The highest BCUT2D eigenvalue weighted by atomic mass is 19.1. The lowest BCUT2D eigenvalue weighted by molar-refractivity contribution is 0.0697. The minimum Gasteiger partial charge on any atom is -0.371 e. The molecule has 2 saturated heterocycles. The van der Waals surface area contributed by atoms with Gasteiger partial charge in [-0.15, -0.1) is 0 Å². The summed E-state index contributed by atoms with van der Waals surface area (Å²) >= 11 is 0. The molecule has 2 fully saturated rings. The van der Waals surface area contributed by atoms with Crippen molar-refractivity contribution in [3.05, 3.63) is 59.4 Å². The summed E-state index contributed by atoms with van der Waals surface area (Å²) in [4.78, 5) is 30.3. The van der Waals surface area contributed by atoms with Crippen molar-refractivity contribution < 1.29 is 14.0 Å². The lowest BCUT2D eigenvalue weighted by Crippen LogP contribution is -2.40.